The summed E-state index contributed by atoms with van der Waals surface area (Å²) in [5.74, 6) is -0.301. The molecule has 2 nitrogen and oxygen atoms in total. The molecule has 1 aromatic heterocycles. The van der Waals surface area contributed by atoms with Crippen LogP contribution in [0.1, 0.15) is 9.67 Å². The van der Waals surface area contributed by atoms with E-state index in [-0.39, 0.29) is 5.82 Å². The van der Waals surface area contributed by atoms with Crippen molar-refractivity contribution in [2.75, 3.05) is 0 Å². The van der Waals surface area contributed by atoms with Gasteiger partial charge < -0.3 is 0 Å². The lowest BCUT2D eigenvalue weighted by Gasteiger charge is -1.94. The quantitative estimate of drug-likeness (QED) is 0.709. The lowest BCUT2D eigenvalue weighted by Crippen LogP contribution is -1.77. The van der Waals surface area contributed by atoms with E-state index in [9.17, 15) is 9.18 Å². The van der Waals surface area contributed by atoms with Crippen molar-refractivity contribution >= 4 is 17.6 Å². The summed E-state index contributed by atoms with van der Waals surface area (Å²) in [4.78, 5) is 15.0. The van der Waals surface area contributed by atoms with Crippen molar-refractivity contribution in [1.82, 2.24) is 4.98 Å². The Kier molecular flexibility index (Phi) is 2.37. The van der Waals surface area contributed by atoms with E-state index in [4.69, 9.17) is 0 Å². The maximum atomic E-state index is 12.8. The molecule has 0 radical (unpaired) electrons. The van der Waals surface area contributed by atoms with E-state index in [0.29, 0.717) is 15.4 Å². The Balaban J connectivity index is 2.43. The third-order valence-corrected chi connectivity index (χ3v) is 2.68. The average molecular weight is 207 g/mol. The molecule has 70 valence electrons. The molecule has 0 N–H and O–H groups in total. The van der Waals surface area contributed by atoms with Crippen LogP contribution in [0.25, 0.3) is 10.6 Å². The van der Waals surface area contributed by atoms with Gasteiger partial charge in [0.15, 0.2) is 6.29 Å². The molecule has 1 heterocycles. The Morgan fingerprint density at radius 1 is 1.43 bits per heavy atom. The van der Waals surface area contributed by atoms with Crippen LogP contribution in [0.5, 0.6) is 0 Å². The molecule has 0 aliphatic heterocycles. The van der Waals surface area contributed by atoms with Gasteiger partial charge in [0.2, 0.25) is 0 Å². The van der Waals surface area contributed by atoms with Crippen LogP contribution in [0.4, 0.5) is 4.39 Å². The van der Waals surface area contributed by atoms with Gasteiger partial charge in [-0.05, 0) is 12.1 Å². The normalized spacial score (nSPS) is 10.1. The third-order valence-electron chi connectivity index (χ3n) is 1.71. The third kappa shape index (κ3) is 1.70. The van der Waals surface area contributed by atoms with Crippen LogP contribution in [-0.2, 0) is 0 Å². The van der Waals surface area contributed by atoms with Crippen LogP contribution in [0.3, 0.4) is 0 Å². The smallest absolute Gasteiger partial charge is 0.161 e. The number of thiazole rings is 1. The highest BCUT2D eigenvalue weighted by molar-refractivity contribution is 7.16. The zero-order valence-electron chi connectivity index (χ0n) is 7.11. The van der Waals surface area contributed by atoms with Crippen molar-refractivity contribution in [2.24, 2.45) is 0 Å². The van der Waals surface area contributed by atoms with Gasteiger partial charge in [-0.2, -0.15) is 0 Å². The molecule has 0 fully saturated rings. The fourth-order valence-corrected chi connectivity index (χ4v) is 1.82. The SMILES string of the molecule is O=Cc1cnc(-c2cccc(F)c2)s1. The zero-order valence-corrected chi connectivity index (χ0v) is 7.92. The van der Waals surface area contributed by atoms with Gasteiger partial charge in [-0.25, -0.2) is 9.37 Å². The highest BCUT2D eigenvalue weighted by Gasteiger charge is 2.04. The summed E-state index contributed by atoms with van der Waals surface area (Å²) in [6.45, 7) is 0. The molecule has 0 atom stereocenters. The number of aromatic nitrogens is 1. The second-order valence-electron chi connectivity index (χ2n) is 2.70. The Morgan fingerprint density at radius 2 is 2.29 bits per heavy atom. The predicted octanol–water partition coefficient (Wildman–Crippen LogP) is 2.76. The minimum atomic E-state index is -0.301. The Labute approximate surface area is 84.0 Å². The second kappa shape index (κ2) is 3.67. The van der Waals surface area contributed by atoms with Crippen molar-refractivity contribution in [3.05, 3.63) is 41.2 Å². The first-order chi connectivity index (χ1) is 6.79. The molecule has 0 aliphatic rings. The topological polar surface area (TPSA) is 30.0 Å². The fourth-order valence-electron chi connectivity index (χ4n) is 1.10. The van der Waals surface area contributed by atoms with Gasteiger partial charge in [0.1, 0.15) is 10.8 Å². The average Bonchev–Trinajstić information content (AvgIpc) is 2.66. The van der Waals surface area contributed by atoms with Gasteiger partial charge in [-0.15, -0.1) is 11.3 Å². The number of aldehydes is 1. The first-order valence-corrected chi connectivity index (χ1v) is 4.78. The summed E-state index contributed by atoms with van der Waals surface area (Å²) in [7, 11) is 0. The molecule has 0 amide bonds. The van der Waals surface area contributed by atoms with Crippen LogP contribution >= 0.6 is 11.3 Å². The standard InChI is InChI=1S/C10H6FNOS/c11-8-3-1-2-7(4-8)10-12-5-9(6-13)14-10/h1-6H. The van der Waals surface area contributed by atoms with Crippen molar-refractivity contribution < 1.29 is 9.18 Å². The van der Waals surface area contributed by atoms with Gasteiger partial charge in [0, 0.05) is 11.8 Å². The van der Waals surface area contributed by atoms with Gasteiger partial charge in [-0.3, -0.25) is 4.79 Å². The molecule has 0 unspecified atom stereocenters. The van der Waals surface area contributed by atoms with E-state index in [1.807, 2.05) is 0 Å². The second-order valence-corrected chi connectivity index (χ2v) is 3.76. The highest BCUT2D eigenvalue weighted by Crippen LogP contribution is 2.24. The number of carbonyl (C=O) groups is 1. The van der Waals surface area contributed by atoms with E-state index in [2.05, 4.69) is 4.98 Å². The largest absolute Gasteiger partial charge is 0.297 e. The highest BCUT2D eigenvalue weighted by atomic mass is 32.1. The van der Waals surface area contributed by atoms with E-state index in [0.717, 1.165) is 6.29 Å². The Hall–Kier alpha value is -1.55. The maximum absolute atomic E-state index is 12.8. The first kappa shape index (κ1) is 9.02. The van der Waals surface area contributed by atoms with Gasteiger partial charge >= 0.3 is 0 Å². The van der Waals surface area contributed by atoms with E-state index in [1.54, 1.807) is 12.1 Å². The summed E-state index contributed by atoms with van der Waals surface area (Å²) < 4.78 is 12.8. The minimum absolute atomic E-state index is 0.301. The number of rotatable bonds is 2. The number of hydrogen-bond acceptors (Lipinski definition) is 3. The summed E-state index contributed by atoms with van der Waals surface area (Å²) >= 11 is 1.25. The molecule has 0 bridgehead atoms. The van der Waals surface area contributed by atoms with Crippen LogP contribution in [0.2, 0.25) is 0 Å². The molecule has 0 saturated heterocycles. The van der Waals surface area contributed by atoms with E-state index < -0.39 is 0 Å². The first-order valence-electron chi connectivity index (χ1n) is 3.96. The number of hydrogen-bond donors (Lipinski definition) is 0. The lowest BCUT2D eigenvalue weighted by molar-refractivity contribution is 0.112. The summed E-state index contributed by atoms with van der Waals surface area (Å²) in [6, 6.07) is 6.15. The van der Waals surface area contributed by atoms with E-state index in [1.165, 1.54) is 29.7 Å². The maximum Gasteiger partial charge on any atom is 0.161 e. The Bertz CT molecular complexity index is 467. The molecule has 4 heteroatoms. The molecule has 2 aromatic rings. The van der Waals surface area contributed by atoms with E-state index >= 15 is 0 Å². The molecule has 0 saturated carbocycles. The van der Waals surface area contributed by atoms with Crippen molar-refractivity contribution in [2.45, 2.75) is 0 Å². The van der Waals surface area contributed by atoms with Crippen LogP contribution < -0.4 is 0 Å². The summed E-state index contributed by atoms with van der Waals surface area (Å²) in [5.41, 5.74) is 0.697. The number of benzene rings is 1. The fraction of sp³-hybridized carbons (Fsp3) is 0. The predicted molar refractivity (Wildman–Crippen MR) is 52.9 cm³/mol. The monoisotopic (exact) mass is 207 g/mol. The van der Waals surface area contributed by atoms with Gasteiger partial charge in [-0.1, -0.05) is 12.1 Å². The summed E-state index contributed by atoms with van der Waals surface area (Å²) in [5, 5.41) is 0.659. The lowest BCUT2D eigenvalue weighted by atomic mass is 10.2. The van der Waals surface area contributed by atoms with Crippen molar-refractivity contribution in [3.8, 4) is 10.6 Å². The number of nitrogens with zero attached hydrogens (tertiary/aromatic N) is 1. The molecular weight excluding hydrogens is 201 g/mol. The molecule has 0 spiro atoms. The van der Waals surface area contributed by atoms with Crippen LogP contribution in [0.15, 0.2) is 30.5 Å². The minimum Gasteiger partial charge on any atom is -0.297 e. The molecule has 14 heavy (non-hydrogen) atoms. The molecule has 0 aliphatic carbocycles. The molecular formula is C10H6FNOS. The number of carbonyl (C=O) groups excluding carboxylic acids is 1. The van der Waals surface area contributed by atoms with Gasteiger partial charge in [0.05, 0.1) is 4.88 Å². The summed E-state index contributed by atoms with van der Waals surface area (Å²) in [6.07, 6.45) is 2.22. The molecule has 2 rings (SSSR count). The van der Waals surface area contributed by atoms with Crippen LogP contribution in [0, 0.1) is 5.82 Å². The zero-order chi connectivity index (χ0) is 9.97. The Morgan fingerprint density at radius 3 is 2.93 bits per heavy atom. The van der Waals surface area contributed by atoms with Crippen molar-refractivity contribution in [3.63, 3.8) is 0 Å². The van der Waals surface area contributed by atoms with Crippen molar-refractivity contribution in [1.29, 1.82) is 0 Å². The van der Waals surface area contributed by atoms with Gasteiger partial charge in [0.25, 0.3) is 0 Å². The number of halogens is 1. The van der Waals surface area contributed by atoms with Crippen LogP contribution in [-0.4, -0.2) is 11.3 Å². The molecule has 1 aromatic carbocycles.